The van der Waals surface area contributed by atoms with E-state index in [9.17, 15) is 4.79 Å². The maximum atomic E-state index is 11.8. The molecule has 0 spiro atoms. The zero-order valence-corrected chi connectivity index (χ0v) is 12.3. The van der Waals surface area contributed by atoms with Gasteiger partial charge in [0.2, 0.25) is 0 Å². The van der Waals surface area contributed by atoms with Crippen LogP contribution in [0.15, 0.2) is 29.6 Å². The Balaban J connectivity index is 0.00000147. The van der Waals surface area contributed by atoms with Gasteiger partial charge in [-0.2, -0.15) is 4.37 Å². The molecule has 1 N–H and O–H groups in total. The van der Waals surface area contributed by atoms with Crippen molar-refractivity contribution >= 4 is 40.9 Å². The monoisotopic (exact) mass is 309 g/mol. The predicted molar refractivity (Wildman–Crippen MR) is 79.3 cm³/mol. The van der Waals surface area contributed by atoms with Crippen molar-refractivity contribution in [1.82, 2.24) is 14.3 Å². The Morgan fingerprint density at radius 1 is 1.40 bits per heavy atom. The van der Waals surface area contributed by atoms with Crippen LogP contribution >= 0.6 is 23.9 Å². The lowest BCUT2D eigenvalue weighted by atomic mass is 10.3. The second-order valence-corrected chi connectivity index (χ2v) is 4.72. The van der Waals surface area contributed by atoms with E-state index < -0.39 is 0 Å². The lowest BCUT2D eigenvalue weighted by Crippen LogP contribution is -2.06. The summed E-state index contributed by atoms with van der Waals surface area (Å²) in [6, 6.07) is 7.68. The van der Waals surface area contributed by atoms with Gasteiger partial charge in [-0.1, -0.05) is 12.1 Å². The van der Waals surface area contributed by atoms with Gasteiger partial charge in [-0.15, -0.1) is 12.4 Å². The third kappa shape index (κ3) is 2.81. The largest absolute Gasteiger partial charge is 0.454 e. The Hall–Kier alpha value is -1.92. The number of halogens is 1. The van der Waals surface area contributed by atoms with Crippen LogP contribution < -0.4 is 0 Å². The first-order chi connectivity index (χ1) is 9.24. The van der Waals surface area contributed by atoms with Crippen LogP contribution in [0, 0.1) is 6.92 Å². The molecule has 0 saturated heterocycles. The number of carbonyl (C=O) groups is 1. The molecule has 1 aromatic carbocycles. The van der Waals surface area contributed by atoms with E-state index in [4.69, 9.17) is 4.74 Å². The molecular formula is C13H12ClN3O2S. The van der Waals surface area contributed by atoms with E-state index >= 15 is 0 Å². The first kappa shape index (κ1) is 14.5. The first-order valence-corrected chi connectivity index (χ1v) is 6.59. The van der Waals surface area contributed by atoms with Gasteiger partial charge in [0.15, 0.2) is 0 Å². The number of hydrogen-bond acceptors (Lipinski definition) is 5. The van der Waals surface area contributed by atoms with Crippen LogP contribution in [-0.2, 0) is 11.3 Å². The van der Waals surface area contributed by atoms with Gasteiger partial charge in [0.1, 0.15) is 12.4 Å². The smallest absolute Gasteiger partial charge is 0.341 e. The number of fused-ring (bicyclic) bond motifs is 1. The van der Waals surface area contributed by atoms with Crippen LogP contribution in [0.5, 0.6) is 0 Å². The quantitative estimate of drug-likeness (QED) is 0.755. The second-order valence-electron chi connectivity index (χ2n) is 4.09. The Morgan fingerprint density at radius 3 is 2.90 bits per heavy atom. The van der Waals surface area contributed by atoms with Crippen molar-refractivity contribution in [2.45, 2.75) is 13.5 Å². The Kier molecular flexibility index (Phi) is 4.36. The van der Waals surface area contributed by atoms with Crippen LogP contribution in [0.2, 0.25) is 0 Å². The highest BCUT2D eigenvalue weighted by molar-refractivity contribution is 7.03. The highest BCUT2D eigenvalue weighted by Gasteiger charge is 2.13. The Bertz CT molecular complexity index is 705. The Morgan fingerprint density at radius 2 is 2.20 bits per heavy atom. The van der Waals surface area contributed by atoms with Crippen LogP contribution in [-0.4, -0.2) is 20.3 Å². The summed E-state index contributed by atoms with van der Waals surface area (Å²) in [7, 11) is 0. The Labute approximate surface area is 125 Å². The molecule has 0 saturated carbocycles. The fraction of sp³-hybridized carbons (Fsp3) is 0.154. The number of carbonyl (C=O) groups excluding carboxylic acids is 1. The minimum absolute atomic E-state index is 0. The van der Waals surface area contributed by atoms with E-state index in [0.29, 0.717) is 17.1 Å². The molecule has 0 unspecified atom stereocenters. The molecule has 3 rings (SSSR count). The van der Waals surface area contributed by atoms with Crippen LogP contribution in [0.1, 0.15) is 21.9 Å². The van der Waals surface area contributed by atoms with Gasteiger partial charge in [-0.3, -0.25) is 0 Å². The van der Waals surface area contributed by atoms with Crippen molar-refractivity contribution in [2.75, 3.05) is 0 Å². The predicted octanol–water partition coefficient (Wildman–Crippen LogP) is 3.11. The molecule has 0 aliphatic carbocycles. The number of aryl methyl sites for hydroxylation is 1. The minimum atomic E-state index is -0.369. The van der Waals surface area contributed by atoms with Gasteiger partial charge in [-0.05, 0) is 30.6 Å². The number of benzene rings is 1. The molecule has 0 bridgehead atoms. The van der Waals surface area contributed by atoms with E-state index in [1.165, 1.54) is 11.5 Å². The zero-order chi connectivity index (χ0) is 13.2. The molecule has 7 heteroatoms. The number of rotatable bonds is 3. The maximum Gasteiger partial charge on any atom is 0.341 e. The number of imidazole rings is 1. The number of H-pyrrole nitrogens is 1. The van der Waals surface area contributed by atoms with Crippen LogP contribution in [0.25, 0.3) is 11.0 Å². The van der Waals surface area contributed by atoms with Gasteiger partial charge >= 0.3 is 5.97 Å². The molecule has 5 nitrogen and oxygen atoms in total. The number of aromatic nitrogens is 3. The third-order valence-electron chi connectivity index (χ3n) is 2.75. The number of ether oxygens (including phenoxy) is 1. The average molecular weight is 310 g/mol. The van der Waals surface area contributed by atoms with E-state index in [1.54, 1.807) is 12.3 Å². The van der Waals surface area contributed by atoms with Crippen molar-refractivity contribution in [3.63, 3.8) is 0 Å². The van der Waals surface area contributed by atoms with Crippen molar-refractivity contribution in [3.05, 3.63) is 46.7 Å². The summed E-state index contributed by atoms with van der Waals surface area (Å²) < 4.78 is 9.26. The summed E-state index contributed by atoms with van der Waals surface area (Å²) >= 11 is 1.25. The zero-order valence-electron chi connectivity index (χ0n) is 10.6. The number of aromatic amines is 1. The topological polar surface area (TPSA) is 67.9 Å². The molecule has 0 amide bonds. The fourth-order valence-electron chi connectivity index (χ4n) is 1.77. The summed E-state index contributed by atoms with van der Waals surface area (Å²) in [4.78, 5) is 19.3. The van der Waals surface area contributed by atoms with Gasteiger partial charge in [0.05, 0.1) is 22.3 Å². The number of hydrogen-bond donors (Lipinski definition) is 1. The highest BCUT2D eigenvalue weighted by Crippen LogP contribution is 2.13. The molecule has 0 fully saturated rings. The molecule has 0 radical (unpaired) electrons. The van der Waals surface area contributed by atoms with Gasteiger partial charge in [0.25, 0.3) is 0 Å². The summed E-state index contributed by atoms with van der Waals surface area (Å²) in [5, 5.41) is 1.69. The molecule has 2 heterocycles. The summed E-state index contributed by atoms with van der Waals surface area (Å²) in [5.74, 6) is 0.266. The molecule has 0 aliphatic rings. The van der Waals surface area contributed by atoms with E-state index in [2.05, 4.69) is 14.3 Å². The summed E-state index contributed by atoms with van der Waals surface area (Å²) in [5.41, 5.74) is 3.00. The SMILES string of the molecule is Cc1nscc1C(=O)OCc1nc2ccccc2[nH]1.Cl. The fourth-order valence-corrected chi connectivity index (χ4v) is 2.46. The number of nitrogens with one attached hydrogen (secondary N) is 1. The molecule has 0 atom stereocenters. The van der Waals surface area contributed by atoms with Crippen LogP contribution in [0.4, 0.5) is 0 Å². The van der Waals surface area contributed by atoms with Gasteiger partial charge in [-0.25, -0.2) is 9.78 Å². The molecule has 2 aromatic heterocycles. The van der Waals surface area contributed by atoms with E-state index in [-0.39, 0.29) is 25.0 Å². The van der Waals surface area contributed by atoms with Gasteiger partial charge < -0.3 is 9.72 Å². The second kappa shape index (κ2) is 6.02. The summed E-state index contributed by atoms with van der Waals surface area (Å²) in [6.07, 6.45) is 0. The van der Waals surface area contributed by atoms with Crippen molar-refractivity contribution < 1.29 is 9.53 Å². The van der Waals surface area contributed by atoms with Crippen molar-refractivity contribution in [3.8, 4) is 0 Å². The lowest BCUT2D eigenvalue weighted by molar-refractivity contribution is 0.0463. The first-order valence-electron chi connectivity index (χ1n) is 5.76. The van der Waals surface area contributed by atoms with E-state index in [0.717, 1.165) is 11.0 Å². The standard InChI is InChI=1S/C13H11N3O2S.ClH/c1-8-9(7-19-16-8)13(17)18-6-12-14-10-4-2-3-5-11(10)15-12;/h2-5,7H,6H2,1H3,(H,14,15);1H. The molecule has 20 heavy (non-hydrogen) atoms. The molecule has 3 aromatic rings. The number of esters is 1. The average Bonchev–Trinajstić information content (AvgIpc) is 3.01. The maximum absolute atomic E-state index is 11.8. The molecule has 104 valence electrons. The lowest BCUT2D eigenvalue weighted by Gasteiger charge is -2.01. The highest BCUT2D eigenvalue weighted by atomic mass is 35.5. The normalized spacial score (nSPS) is 10.2. The van der Waals surface area contributed by atoms with Crippen molar-refractivity contribution in [1.29, 1.82) is 0 Å². The van der Waals surface area contributed by atoms with Gasteiger partial charge in [0, 0.05) is 5.38 Å². The number of para-hydroxylation sites is 2. The molecule has 0 aliphatic heterocycles. The van der Waals surface area contributed by atoms with Crippen molar-refractivity contribution in [2.24, 2.45) is 0 Å². The summed E-state index contributed by atoms with van der Waals surface area (Å²) in [6.45, 7) is 1.91. The minimum Gasteiger partial charge on any atom is -0.454 e. The number of nitrogens with zero attached hydrogens (tertiary/aromatic N) is 2. The van der Waals surface area contributed by atoms with Crippen LogP contribution in [0.3, 0.4) is 0 Å². The van der Waals surface area contributed by atoms with E-state index in [1.807, 2.05) is 24.3 Å². The molecular weight excluding hydrogens is 298 g/mol. The third-order valence-corrected chi connectivity index (χ3v) is 3.47.